The summed E-state index contributed by atoms with van der Waals surface area (Å²) in [5.74, 6) is 0. The minimum absolute atomic E-state index is 0.144. The molecule has 0 saturated carbocycles. The molecule has 1 aromatic carbocycles. The van der Waals surface area contributed by atoms with E-state index in [0.29, 0.717) is 13.2 Å². The molecule has 0 N–H and O–H groups in total. The number of benzene rings is 1. The van der Waals surface area contributed by atoms with Crippen molar-refractivity contribution in [2.45, 2.75) is 13.2 Å². The summed E-state index contributed by atoms with van der Waals surface area (Å²) in [5.41, 5.74) is 2.42. The highest BCUT2D eigenvalue weighted by Gasteiger charge is 2.20. The first-order valence-electron chi connectivity index (χ1n) is 4.27. The standard InChI is InChI=1S/C10H11IO2/c1-7-8(3-2-4-9(7)11)10-12-5-6-13-10/h2-4,10H,5-6H2,1H3. The highest BCUT2D eigenvalue weighted by molar-refractivity contribution is 14.1. The van der Waals surface area contributed by atoms with Crippen molar-refractivity contribution in [2.75, 3.05) is 13.2 Å². The Hall–Kier alpha value is -0.130. The lowest BCUT2D eigenvalue weighted by atomic mass is 10.1. The molecule has 0 spiro atoms. The predicted molar refractivity (Wildman–Crippen MR) is 58.5 cm³/mol. The van der Waals surface area contributed by atoms with Crippen LogP contribution in [0.25, 0.3) is 0 Å². The van der Waals surface area contributed by atoms with Gasteiger partial charge in [-0.05, 0) is 41.1 Å². The topological polar surface area (TPSA) is 18.5 Å². The van der Waals surface area contributed by atoms with E-state index in [1.54, 1.807) is 0 Å². The molecule has 2 nitrogen and oxygen atoms in total. The Morgan fingerprint density at radius 1 is 1.31 bits per heavy atom. The van der Waals surface area contributed by atoms with Crippen LogP contribution in [0.4, 0.5) is 0 Å². The second kappa shape index (κ2) is 3.94. The van der Waals surface area contributed by atoms with Crippen LogP contribution in [0.5, 0.6) is 0 Å². The number of rotatable bonds is 1. The van der Waals surface area contributed by atoms with Crippen molar-refractivity contribution in [1.29, 1.82) is 0 Å². The number of hydrogen-bond acceptors (Lipinski definition) is 2. The lowest BCUT2D eigenvalue weighted by Gasteiger charge is -2.12. The molecule has 1 saturated heterocycles. The molecule has 0 bridgehead atoms. The van der Waals surface area contributed by atoms with Crippen LogP contribution in [0.3, 0.4) is 0 Å². The SMILES string of the molecule is Cc1c(I)cccc1C1OCCO1. The zero-order chi connectivity index (χ0) is 9.26. The van der Waals surface area contributed by atoms with Gasteiger partial charge < -0.3 is 9.47 Å². The van der Waals surface area contributed by atoms with E-state index in [1.165, 1.54) is 9.13 Å². The van der Waals surface area contributed by atoms with Crippen molar-refractivity contribution in [1.82, 2.24) is 0 Å². The zero-order valence-electron chi connectivity index (χ0n) is 7.42. The largest absolute Gasteiger partial charge is 0.346 e. The Kier molecular flexibility index (Phi) is 2.86. The summed E-state index contributed by atoms with van der Waals surface area (Å²) in [5, 5.41) is 0. The van der Waals surface area contributed by atoms with Gasteiger partial charge in [0.2, 0.25) is 0 Å². The summed E-state index contributed by atoms with van der Waals surface area (Å²) in [6, 6.07) is 6.19. The molecule has 0 atom stereocenters. The minimum Gasteiger partial charge on any atom is -0.346 e. The summed E-state index contributed by atoms with van der Waals surface area (Å²) < 4.78 is 12.2. The first-order chi connectivity index (χ1) is 6.29. The lowest BCUT2D eigenvalue weighted by Crippen LogP contribution is -2.01. The van der Waals surface area contributed by atoms with E-state index in [9.17, 15) is 0 Å². The molecule has 0 radical (unpaired) electrons. The summed E-state index contributed by atoms with van der Waals surface area (Å²) in [4.78, 5) is 0. The Morgan fingerprint density at radius 2 is 2.00 bits per heavy atom. The molecule has 1 aromatic rings. The first-order valence-corrected chi connectivity index (χ1v) is 5.35. The van der Waals surface area contributed by atoms with Gasteiger partial charge in [0, 0.05) is 9.13 Å². The molecule has 1 aliphatic heterocycles. The normalized spacial score (nSPS) is 18.0. The minimum atomic E-state index is -0.144. The highest BCUT2D eigenvalue weighted by Crippen LogP contribution is 2.28. The molecule has 1 heterocycles. The zero-order valence-corrected chi connectivity index (χ0v) is 9.58. The van der Waals surface area contributed by atoms with Crippen molar-refractivity contribution in [2.24, 2.45) is 0 Å². The Balaban J connectivity index is 2.33. The Bertz CT molecular complexity index is 306. The molecular formula is C10H11IO2. The van der Waals surface area contributed by atoms with Crippen molar-refractivity contribution < 1.29 is 9.47 Å². The van der Waals surface area contributed by atoms with Crippen LogP contribution in [0, 0.1) is 10.5 Å². The van der Waals surface area contributed by atoms with Crippen LogP contribution in [0.1, 0.15) is 17.4 Å². The maximum Gasteiger partial charge on any atom is 0.184 e. The van der Waals surface area contributed by atoms with Gasteiger partial charge in [0.1, 0.15) is 0 Å². The maximum absolute atomic E-state index is 5.45. The molecule has 0 aromatic heterocycles. The molecule has 70 valence electrons. The monoisotopic (exact) mass is 290 g/mol. The van der Waals surface area contributed by atoms with E-state index in [1.807, 2.05) is 6.07 Å². The smallest absolute Gasteiger partial charge is 0.184 e. The third kappa shape index (κ3) is 1.87. The Labute approximate surface area is 91.4 Å². The van der Waals surface area contributed by atoms with E-state index in [-0.39, 0.29) is 6.29 Å². The van der Waals surface area contributed by atoms with Gasteiger partial charge >= 0.3 is 0 Å². The lowest BCUT2D eigenvalue weighted by molar-refractivity contribution is -0.0445. The molecule has 2 rings (SSSR count). The molecule has 0 unspecified atom stereocenters. The van der Waals surface area contributed by atoms with Crippen molar-refractivity contribution in [3.05, 3.63) is 32.9 Å². The fourth-order valence-electron chi connectivity index (χ4n) is 1.42. The second-order valence-electron chi connectivity index (χ2n) is 3.03. The van der Waals surface area contributed by atoms with Crippen LogP contribution in [0.2, 0.25) is 0 Å². The molecule has 1 fully saturated rings. The summed E-state index contributed by atoms with van der Waals surface area (Å²) in [6.45, 7) is 3.51. The molecular weight excluding hydrogens is 279 g/mol. The summed E-state index contributed by atoms with van der Waals surface area (Å²) in [7, 11) is 0. The van der Waals surface area contributed by atoms with Gasteiger partial charge in [0.05, 0.1) is 13.2 Å². The Morgan fingerprint density at radius 3 is 2.69 bits per heavy atom. The second-order valence-corrected chi connectivity index (χ2v) is 4.19. The molecule has 0 aliphatic carbocycles. The maximum atomic E-state index is 5.45. The van der Waals surface area contributed by atoms with E-state index in [4.69, 9.17) is 9.47 Å². The molecule has 1 aliphatic rings. The van der Waals surface area contributed by atoms with Gasteiger partial charge in [0.15, 0.2) is 6.29 Å². The van der Waals surface area contributed by atoms with Crippen LogP contribution >= 0.6 is 22.6 Å². The average Bonchev–Trinajstić information content (AvgIpc) is 2.62. The van der Waals surface area contributed by atoms with E-state index in [0.717, 1.165) is 5.56 Å². The number of halogens is 1. The van der Waals surface area contributed by atoms with Gasteiger partial charge in [-0.15, -0.1) is 0 Å². The van der Waals surface area contributed by atoms with E-state index >= 15 is 0 Å². The van der Waals surface area contributed by atoms with Gasteiger partial charge in [-0.25, -0.2) is 0 Å². The number of ether oxygens (including phenoxy) is 2. The quantitative estimate of drug-likeness (QED) is 0.740. The first kappa shape index (κ1) is 9.43. The summed E-state index contributed by atoms with van der Waals surface area (Å²) >= 11 is 2.33. The molecule has 0 amide bonds. The third-order valence-corrected chi connectivity index (χ3v) is 3.35. The van der Waals surface area contributed by atoms with Crippen molar-refractivity contribution >= 4 is 22.6 Å². The summed E-state index contributed by atoms with van der Waals surface area (Å²) in [6.07, 6.45) is -0.144. The van der Waals surface area contributed by atoms with Crippen LogP contribution in [-0.2, 0) is 9.47 Å². The van der Waals surface area contributed by atoms with Gasteiger partial charge in [-0.1, -0.05) is 12.1 Å². The fraction of sp³-hybridized carbons (Fsp3) is 0.400. The van der Waals surface area contributed by atoms with E-state index < -0.39 is 0 Å². The number of hydrogen-bond donors (Lipinski definition) is 0. The van der Waals surface area contributed by atoms with Crippen LogP contribution in [0.15, 0.2) is 18.2 Å². The molecule has 13 heavy (non-hydrogen) atoms. The van der Waals surface area contributed by atoms with Gasteiger partial charge in [0.25, 0.3) is 0 Å². The van der Waals surface area contributed by atoms with Gasteiger partial charge in [-0.3, -0.25) is 0 Å². The van der Waals surface area contributed by atoms with Crippen LogP contribution < -0.4 is 0 Å². The van der Waals surface area contributed by atoms with Crippen molar-refractivity contribution in [3.63, 3.8) is 0 Å². The third-order valence-electron chi connectivity index (χ3n) is 2.19. The van der Waals surface area contributed by atoms with Crippen molar-refractivity contribution in [3.8, 4) is 0 Å². The average molecular weight is 290 g/mol. The highest BCUT2D eigenvalue weighted by atomic mass is 127. The predicted octanol–water partition coefficient (Wildman–Crippen LogP) is 2.65. The fourth-order valence-corrected chi connectivity index (χ4v) is 1.94. The van der Waals surface area contributed by atoms with Crippen LogP contribution in [-0.4, -0.2) is 13.2 Å². The van der Waals surface area contributed by atoms with Gasteiger partial charge in [-0.2, -0.15) is 0 Å². The van der Waals surface area contributed by atoms with E-state index in [2.05, 4.69) is 41.6 Å². The molecule has 3 heteroatoms.